The minimum atomic E-state index is -0.415. The van der Waals surface area contributed by atoms with Gasteiger partial charge in [-0.15, -0.1) is 0 Å². The maximum absolute atomic E-state index is 13.8. The van der Waals surface area contributed by atoms with E-state index in [0.29, 0.717) is 17.1 Å². The topological polar surface area (TPSA) is 35.2 Å². The van der Waals surface area contributed by atoms with E-state index in [-0.39, 0.29) is 5.82 Å². The summed E-state index contributed by atoms with van der Waals surface area (Å²) < 4.78 is 19.6. The van der Waals surface area contributed by atoms with E-state index < -0.39 is 6.04 Å². The summed E-state index contributed by atoms with van der Waals surface area (Å²) in [5.41, 5.74) is 8.42. The molecule has 0 unspecified atom stereocenters. The van der Waals surface area contributed by atoms with Gasteiger partial charge in [-0.2, -0.15) is 0 Å². The van der Waals surface area contributed by atoms with Gasteiger partial charge in [0.05, 0.1) is 0 Å². The average Bonchev–Trinajstić information content (AvgIpc) is 2.26. The quantitative estimate of drug-likeness (QED) is 0.894. The van der Waals surface area contributed by atoms with E-state index in [4.69, 9.17) is 10.5 Å². The molecule has 100 valence electrons. The number of aryl methyl sites for hydroxylation is 2. The van der Waals surface area contributed by atoms with E-state index in [2.05, 4.69) is 6.07 Å². The first-order valence-corrected chi connectivity index (χ1v) is 6.27. The molecule has 0 spiro atoms. The molecule has 2 N–H and O–H groups in total. The van der Waals surface area contributed by atoms with Crippen molar-refractivity contribution in [1.29, 1.82) is 0 Å². The fourth-order valence-corrected chi connectivity index (χ4v) is 2.17. The number of halogens is 1. The molecule has 2 rings (SSSR count). The van der Waals surface area contributed by atoms with Crippen LogP contribution in [0.15, 0.2) is 36.4 Å². The summed E-state index contributed by atoms with van der Waals surface area (Å²) in [5.74, 6) is 0.835. The van der Waals surface area contributed by atoms with Gasteiger partial charge in [-0.05, 0) is 56.2 Å². The van der Waals surface area contributed by atoms with E-state index in [1.807, 2.05) is 26.0 Å². The fourth-order valence-electron chi connectivity index (χ4n) is 2.17. The maximum Gasteiger partial charge on any atom is 0.135 e. The maximum atomic E-state index is 13.8. The number of hydrogen-bond acceptors (Lipinski definition) is 2. The van der Waals surface area contributed by atoms with Gasteiger partial charge in [0, 0.05) is 11.6 Å². The zero-order chi connectivity index (χ0) is 14.0. The summed E-state index contributed by atoms with van der Waals surface area (Å²) in [6.07, 6.45) is 0. The molecule has 0 aliphatic rings. The van der Waals surface area contributed by atoms with Crippen LogP contribution >= 0.6 is 0 Å². The lowest BCUT2D eigenvalue weighted by molar-refractivity contribution is 0.460. The Kier molecular flexibility index (Phi) is 3.86. The third-order valence-electron chi connectivity index (χ3n) is 2.89. The van der Waals surface area contributed by atoms with Gasteiger partial charge in [-0.3, -0.25) is 0 Å². The first-order valence-electron chi connectivity index (χ1n) is 6.27. The smallest absolute Gasteiger partial charge is 0.135 e. The van der Waals surface area contributed by atoms with Crippen molar-refractivity contribution in [3.63, 3.8) is 0 Å². The van der Waals surface area contributed by atoms with Gasteiger partial charge >= 0.3 is 0 Å². The van der Waals surface area contributed by atoms with Crippen molar-refractivity contribution in [2.75, 3.05) is 0 Å². The Hall–Kier alpha value is -1.87. The summed E-state index contributed by atoms with van der Waals surface area (Å²) in [4.78, 5) is 0. The summed E-state index contributed by atoms with van der Waals surface area (Å²) in [7, 11) is 0. The molecule has 0 aliphatic heterocycles. The molecule has 2 aromatic carbocycles. The van der Waals surface area contributed by atoms with Gasteiger partial charge in [0.1, 0.15) is 17.3 Å². The highest BCUT2D eigenvalue weighted by molar-refractivity contribution is 5.42. The van der Waals surface area contributed by atoms with E-state index in [1.54, 1.807) is 19.1 Å². The molecule has 19 heavy (non-hydrogen) atoms. The molecule has 0 fully saturated rings. The van der Waals surface area contributed by atoms with Crippen LogP contribution < -0.4 is 10.5 Å². The molecule has 0 aromatic heterocycles. The van der Waals surface area contributed by atoms with Gasteiger partial charge in [-0.25, -0.2) is 4.39 Å². The monoisotopic (exact) mass is 259 g/mol. The predicted octanol–water partition coefficient (Wildman–Crippen LogP) is 4.25. The molecule has 0 saturated heterocycles. The van der Waals surface area contributed by atoms with E-state index in [9.17, 15) is 4.39 Å². The molecule has 0 heterocycles. The van der Waals surface area contributed by atoms with E-state index in [0.717, 1.165) is 11.1 Å². The van der Waals surface area contributed by atoms with Crippen molar-refractivity contribution >= 4 is 0 Å². The number of ether oxygens (including phenoxy) is 1. The average molecular weight is 259 g/mol. The van der Waals surface area contributed by atoms with E-state index >= 15 is 0 Å². The normalized spacial score (nSPS) is 12.3. The van der Waals surface area contributed by atoms with Crippen molar-refractivity contribution in [2.45, 2.75) is 26.8 Å². The van der Waals surface area contributed by atoms with Crippen LogP contribution in [-0.2, 0) is 0 Å². The molecule has 0 bridgehead atoms. The Morgan fingerprint density at radius 1 is 1.11 bits per heavy atom. The standard InChI is InChI=1S/C16H18FNO/c1-10-7-11(2)9-13(8-10)19-15-6-4-5-14(17)16(15)12(3)18/h4-9,12H,18H2,1-3H3/t12-/m1/s1. The first kappa shape index (κ1) is 13.6. The molecular weight excluding hydrogens is 241 g/mol. The lowest BCUT2D eigenvalue weighted by Crippen LogP contribution is -2.09. The van der Waals surface area contributed by atoms with Crippen molar-refractivity contribution in [2.24, 2.45) is 5.73 Å². The van der Waals surface area contributed by atoms with Gasteiger partial charge < -0.3 is 10.5 Å². The molecule has 0 aliphatic carbocycles. The minimum Gasteiger partial charge on any atom is -0.457 e. The Morgan fingerprint density at radius 2 is 1.74 bits per heavy atom. The third-order valence-corrected chi connectivity index (χ3v) is 2.89. The van der Waals surface area contributed by atoms with Crippen LogP contribution in [0.5, 0.6) is 11.5 Å². The molecule has 0 radical (unpaired) electrons. The summed E-state index contributed by atoms with van der Waals surface area (Å²) in [6, 6.07) is 10.2. The van der Waals surface area contributed by atoms with Crippen LogP contribution in [0.1, 0.15) is 29.7 Å². The number of nitrogens with two attached hydrogens (primary N) is 1. The van der Waals surface area contributed by atoms with Crippen LogP contribution in [-0.4, -0.2) is 0 Å². The Labute approximate surface area is 113 Å². The molecular formula is C16H18FNO. The largest absolute Gasteiger partial charge is 0.457 e. The Balaban J connectivity index is 2.40. The SMILES string of the molecule is Cc1cc(C)cc(Oc2cccc(F)c2[C@@H](C)N)c1. The summed E-state index contributed by atoms with van der Waals surface area (Å²) in [6.45, 7) is 5.74. The first-order chi connectivity index (χ1) is 8.97. The van der Waals surface area contributed by atoms with Crippen molar-refractivity contribution in [1.82, 2.24) is 0 Å². The summed E-state index contributed by atoms with van der Waals surface area (Å²) in [5, 5.41) is 0. The van der Waals surface area contributed by atoms with Gasteiger partial charge in [0.15, 0.2) is 0 Å². The van der Waals surface area contributed by atoms with Crippen LogP contribution in [0.3, 0.4) is 0 Å². The number of rotatable bonds is 3. The van der Waals surface area contributed by atoms with Crippen LogP contribution in [0.4, 0.5) is 4.39 Å². The van der Waals surface area contributed by atoms with Crippen LogP contribution in [0, 0.1) is 19.7 Å². The summed E-state index contributed by atoms with van der Waals surface area (Å²) >= 11 is 0. The lowest BCUT2D eigenvalue weighted by atomic mass is 10.1. The minimum absolute atomic E-state index is 0.336. The van der Waals surface area contributed by atoms with Crippen molar-refractivity contribution in [3.8, 4) is 11.5 Å². The highest BCUT2D eigenvalue weighted by atomic mass is 19.1. The molecule has 0 saturated carbocycles. The molecule has 2 aromatic rings. The van der Waals surface area contributed by atoms with E-state index in [1.165, 1.54) is 6.07 Å². The van der Waals surface area contributed by atoms with Crippen LogP contribution in [0.2, 0.25) is 0 Å². The highest BCUT2D eigenvalue weighted by Crippen LogP contribution is 2.31. The molecule has 0 amide bonds. The lowest BCUT2D eigenvalue weighted by Gasteiger charge is -2.15. The van der Waals surface area contributed by atoms with Gasteiger partial charge in [0.2, 0.25) is 0 Å². The second kappa shape index (κ2) is 5.41. The number of hydrogen-bond donors (Lipinski definition) is 1. The Bertz CT molecular complexity index is 573. The molecule has 2 nitrogen and oxygen atoms in total. The zero-order valence-electron chi connectivity index (χ0n) is 11.4. The third kappa shape index (κ3) is 3.12. The van der Waals surface area contributed by atoms with Gasteiger partial charge in [0.25, 0.3) is 0 Å². The second-order valence-corrected chi connectivity index (χ2v) is 4.87. The van der Waals surface area contributed by atoms with Crippen LogP contribution in [0.25, 0.3) is 0 Å². The predicted molar refractivity (Wildman–Crippen MR) is 75.0 cm³/mol. The highest BCUT2D eigenvalue weighted by Gasteiger charge is 2.14. The zero-order valence-corrected chi connectivity index (χ0v) is 11.4. The second-order valence-electron chi connectivity index (χ2n) is 4.87. The Morgan fingerprint density at radius 3 is 2.32 bits per heavy atom. The number of benzene rings is 2. The molecule has 1 atom stereocenters. The van der Waals surface area contributed by atoms with Crippen molar-refractivity contribution in [3.05, 3.63) is 58.9 Å². The van der Waals surface area contributed by atoms with Crippen molar-refractivity contribution < 1.29 is 9.13 Å². The molecule has 3 heteroatoms. The fraction of sp³-hybridized carbons (Fsp3) is 0.250. The van der Waals surface area contributed by atoms with Gasteiger partial charge in [-0.1, -0.05) is 12.1 Å².